The predicted octanol–water partition coefficient (Wildman–Crippen LogP) is 4.99. The lowest BCUT2D eigenvalue weighted by Crippen LogP contribution is -2.02. The molecule has 0 atom stereocenters. The lowest BCUT2D eigenvalue weighted by molar-refractivity contribution is 1.16. The number of hydrogen-bond acceptors (Lipinski definition) is 6. The molecule has 3 rings (SSSR count). The van der Waals surface area contributed by atoms with Crippen molar-refractivity contribution in [1.82, 2.24) is 9.97 Å². The normalized spacial score (nSPS) is 15.0. The average Bonchev–Trinajstić information content (AvgIpc) is 2.81. The minimum atomic E-state index is -2.81. The summed E-state index contributed by atoms with van der Waals surface area (Å²) in [5.41, 5.74) is 0.290. The second-order valence-corrected chi connectivity index (χ2v) is 5.57. The fourth-order valence-electron chi connectivity index (χ4n) is 2.34. The van der Waals surface area contributed by atoms with Crippen LogP contribution >= 0.6 is 0 Å². The summed E-state index contributed by atoms with van der Waals surface area (Å²) in [5.74, 6) is 0.349. The molecule has 0 aliphatic carbocycles. The van der Waals surface area contributed by atoms with Crippen molar-refractivity contribution >= 4 is 29.2 Å². The Morgan fingerprint density at radius 2 is 1.93 bits per heavy atom. The zero-order chi connectivity index (χ0) is 25.9. The molecule has 0 aliphatic rings. The highest BCUT2D eigenvalue weighted by Crippen LogP contribution is 2.26. The van der Waals surface area contributed by atoms with E-state index in [1.165, 1.54) is 25.3 Å². The number of allylic oxidation sites excluding steroid dienone is 1. The molecule has 2 N–H and O–H groups in total. The van der Waals surface area contributed by atoms with E-state index < -0.39 is 36.1 Å². The van der Waals surface area contributed by atoms with Gasteiger partial charge in [0.05, 0.1) is 23.2 Å². The first kappa shape index (κ1) is 11.5. The summed E-state index contributed by atoms with van der Waals surface area (Å²) < 4.78 is 56.3. The molecule has 0 saturated carbocycles. The Morgan fingerprint density at radius 1 is 1.14 bits per heavy atom. The second kappa shape index (κ2) is 8.48. The van der Waals surface area contributed by atoms with Gasteiger partial charge in [-0.05, 0) is 78.9 Å². The van der Waals surface area contributed by atoms with Crippen LogP contribution in [0, 0.1) is 36.4 Å². The summed E-state index contributed by atoms with van der Waals surface area (Å²) in [6.07, 6.45) is 1.42. The van der Waals surface area contributed by atoms with E-state index in [0.717, 1.165) is 0 Å². The van der Waals surface area contributed by atoms with Gasteiger partial charge in [0.25, 0.3) is 0 Å². The average molecular weight is 373 g/mol. The number of benzene rings is 2. The van der Waals surface area contributed by atoms with Crippen molar-refractivity contribution in [3.63, 3.8) is 0 Å². The lowest BCUT2D eigenvalue weighted by Gasteiger charge is -2.14. The van der Waals surface area contributed by atoms with Crippen LogP contribution in [0.25, 0.3) is 6.05 Å². The molecular formula is C22H18N6. The molecule has 0 amide bonds. The zero-order valence-corrected chi connectivity index (χ0v) is 14.8. The fourth-order valence-corrected chi connectivity index (χ4v) is 2.34. The molecule has 2 aromatic carbocycles. The van der Waals surface area contributed by atoms with E-state index in [-0.39, 0.29) is 29.1 Å². The molecule has 1 aromatic heterocycles. The highest BCUT2D eigenvalue weighted by atomic mass is 15.1. The van der Waals surface area contributed by atoms with E-state index in [9.17, 15) is 0 Å². The molecule has 0 unspecified atom stereocenters. The quantitative estimate of drug-likeness (QED) is 0.612. The van der Waals surface area contributed by atoms with Crippen LogP contribution in [0.15, 0.2) is 54.7 Å². The van der Waals surface area contributed by atoms with Crippen molar-refractivity contribution in [1.29, 1.82) is 10.5 Å². The maximum atomic E-state index is 8.96. The summed E-state index contributed by atoms with van der Waals surface area (Å²) >= 11 is 0. The standard InChI is InChI=1S/C22H18N6/c1-15-12-18(4-3-10-23)13-16(2)21(15)27-20-9-11-25-22(28-20)26-19-7-5-17(14-24)6-8-19/h3-9,11-13H,1-2H3,(H2,25,26,27,28)/b4-3+/i1D3,3D,4D,12D,13D. The summed E-state index contributed by atoms with van der Waals surface area (Å²) in [7, 11) is 0. The van der Waals surface area contributed by atoms with Gasteiger partial charge < -0.3 is 10.6 Å². The fraction of sp³-hybridized carbons (Fsp3) is 0.0909. The molecule has 1 heterocycles. The van der Waals surface area contributed by atoms with Crippen LogP contribution in [-0.4, -0.2) is 9.97 Å². The van der Waals surface area contributed by atoms with Gasteiger partial charge in [-0.25, -0.2) is 4.98 Å². The van der Waals surface area contributed by atoms with E-state index in [0.29, 0.717) is 11.3 Å². The van der Waals surface area contributed by atoms with Gasteiger partial charge in [-0.1, -0.05) is 0 Å². The Morgan fingerprint density at radius 3 is 2.64 bits per heavy atom. The van der Waals surface area contributed by atoms with Crippen LogP contribution in [-0.2, 0) is 0 Å². The van der Waals surface area contributed by atoms with Crippen LogP contribution in [0.5, 0.6) is 0 Å². The highest BCUT2D eigenvalue weighted by Gasteiger charge is 2.07. The van der Waals surface area contributed by atoms with Crippen LogP contribution in [0.4, 0.5) is 23.1 Å². The molecule has 28 heavy (non-hydrogen) atoms. The number of aromatic nitrogens is 2. The van der Waals surface area contributed by atoms with Crippen molar-refractivity contribution < 1.29 is 9.60 Å². The third-order valence-electron chi connectivity index (χ3n) is 3.61. The van der Waals surface area contributed by atoms with Crippen LogP contribution in [0.3, 0.4) is 0 Å². The van der Waals surface area contributed by atoms with Crippen molar-refractivity contribution in [3.05, 3.63) is 76.9 Å². The van der Waals surface area contributed by atoms with Crippen LogP contribution < -0.4 is 10.6 Å². The molecule has 0 radical (unpaired) electrons. The van der Waals surface area contributed by atoms with Gasteiger partial charge in [0.2, 0.25) is 5.95 Å². The van der Waals surface area contributed by atoms with Crippen molar-refractivity contribution in [2.45, 2.75) is 13.8 Å². The summed E-state index contributed by atoms with van der Waals surface area (Å²) in [6, 6.07) is 9.09. The summed E-state index contributed by atoms with van der Waals surface area (Å²) in [5, 5.41) is 23.7. The smallest absolute Gasteiger partial charge is 0.229 e. The number of nitrogens with one attached hydrogen (secondary N) is 2. The maximum Gasteiger partial charge on any atom is 0.229 e. The first-order valence-corrected chi connectivity index (χ1v) is 8.07. The van der Waals surface area contributed by atoms with Crippen LogP contribution in [0.1, 0.15) is 31.8 Å². The summed E-state index contributed by atoms with van der Waals surface area (Å²) in [4.78, 5) is 8.42. The molecule has 136 valence electrons. The van der Waals surface area contributed by atoms with Gasteiger partial charge in [-0.15, -0.1) is 0 Å². The van der Waals surface area contributed by atoms with Gasteiger partial charge in [-0.2, -0.15) is 15.5 Å². The Labute approximate surface area is 173 Å². The first-order chi connectivity index (χ1) is 16.5. The van der Waals surface area contributed by atoms with E-state index in [2.05, 4.69) is 20.6 Å². The van der Waals surface area contributed by atoms with E-state index >= 15 is 0 Å². The third-order valence-corrected chi connectivity index (χ3v) is 3.61. The molecule has 0 saturated heterocycles. The van der Waals surface area contributed by atoms with Crippen LogP contribution in [0.2, 0.25) is 0 Å². The van der Waals surface area contributed by atoms with Gasteiger partial charge in [-0.3, -0.25) is 0 Å². The van der Waals surface area contributed by atoms with Crippen molar-refractivity contribution in [2.24, 2.45) is 0 Å². The maximum absolute atomic E-state index is 8.96. The Hall–Kier alpha value is -4.16. The minimum absolute atomic E-state index is 0.0527. The van der Waals surface area contributed by atoms with Gasteiger partial charge in [0, 0.05) is 27.7 Å². The Balaban J connectivity index is 2.08. The number of nitrogens with zero attached hydrogens (tertiary/aromatic N) is 4. The molecule has 0 aliphatic heterocycles. The van der Waals surface area contributed by atoms with Crippen molar-refractivity contribution in [2.75, 3.05) is 10.6 Å². The molecule has 6 nitrogen and oxygen atoms in total. The number of rotatable bonds is 5. The van der Waals surface area contributed by atoms with Crippen molar-refractivity contribution in [3.8, 4) is 12.1 Å². The molecular weight excluding hydrogens is 348 g/mol. The van der Waals surface area contributed by atoms with E-state index in [4.69, 9.17) is 20.1 Å². The molecule has 3 aromatic rings. The summed E-state index contributed by atoms with van der Waals surface area (Å²) in [6.45, 7) is -1.36. The highest BCUT2D eigenvalue weighted by molar-refractivity contribution is 5.69. The van der Waals surface area contributed by atoms with Gasteiger partial charge in [0.15, 0.2) is 0 Å². The lowest BCUT2D eigenvalue weighted by atomic mass is 10.0. The number of anilines is 4. The second-order valence-electron chi connectivity index (χ2n) is 5.57. The SMILES string of the molecule is [2H]/C(C#N)=C(/[2H])c1c([2H])c(C)c(Nc2ccnc(Nc3ccc(C#N)cc3)n2)c(C([2H])([2H])[2H])c1[2H]. The largest absolute Gasteiger partial charge is 0.340 e. The Bertz CT molecular complexity index is 1400. The topological polar surface area (TPSA) is 97.4 Å². The number of nitriles is 2. The first-order valence-electron chi connectivity index (χ1n) is 11.6. The van der Waals surface area contributed by atoms with Gasteiger partial charge >= 0.3 is 0 Å². The van der Waals surface area contributed by atoms with E-state index in [1.54, 1.807) is 24.3 Å². The predicted molar refractivity (Wildman–Crippen MR) is 110 cm³/mol. The van der Waals surface area contributed by atoms with E-state index in [1.807, 2.05) is 6.07 Å². The third kappa shape index (κ3) is 4.51. The molecule has 0 fully saturated rings. The monoisotopic (exact) mass is 373 g/mol. The number of hydrogen-bond donors (Lipinski definition) is 2. The Kier molecular flexibility index (Phi) is 3.49. The van der Waals surface area contributed by atoms with Gasteiger partial charge in [0.1, 0.15) is 5.82 Å². The molecule has 6 heteroatoms. The molecule has 0 spiro atoms. The molecule has 0 bridgehead atoms. The zero-order valence-electron chi connectivity index (χ0n) is 21.8. The minimum Gasteiger partial charge on any atom is -0.340 e.